The fraction of sp³-hybridized carbons (Fsp3) is 0.412. The first kappa shape index (κ1) is 14.8. The molecule has 1 aliphatic rings. The Kier molecular flexibility index (Phi) is 4.24. The van der Waals surface area contributed by atoms with E-state index >= 15 is 0 Å². The fourth-order valence-electron chi connectivity index (χ4n) is 2.80. The third-order valence-corrected chi connectivity index (χ3v) is 4.21. The number of carbonyl (C=O) groups is 1. The number of nitrogens with one attached hydrogen (secondary N) is 1. The van der Waals surface area contributed by atoms with Crippen LogP contribution in [-0.4, -0.2) is 58.1 Å². The van der Waals surface area contributed by atoms with E-state index in [4.69, 9.17) is 0 Å². The number of aromatic amines is 1. The van der Waals surface area contributed by atoms with Crippen LogP contribution in [0.2, 0.25) is 0 Å². The van der Waals surface area contributed by atoms with Gasteiger partial charge < -0.3 is 4.90 Å². The summed E-state index contributed by atoms with van der Waals surface area (Å²) in [5.41, 5.74) is 2.39. The van der Waals surface area contributed by atoms with E-state index in [1.54, 1.807) is 0 Å². The molecule has 0 saturated carbocycles. The van der Waals surface area contributed by atoms with Crippen molar-refractivity contribution in [2.75, 3.05) is 26.2 Å². The molecular weight excluding hydrogens is 276 g/mol. The molecular formula is C17H22N4O. The van der Waals surface area contributed by atoms with E-state index in [1.807, 2.05) is 41.3 Å². The lowest BCUT2D eigenvalue weighted by Crippen LogP contribution is -2.50. The van der Waals surface area contributed by atoms with Crippen LogP contribution >= 0.6 is 0 Å². The molecule has 0 aliphatic carbocycles. The lowest BCUT2D eigenvalue weighted by Gasteiger charge is -2.36. The predicted molar refractivity (Wildman–Crippen MR) is 86.6 cm³/mol. The van der Waals surface area contributed by atoms with Gasteiger partial charge in [-0.25, -0.2) is 0 Å². The second-order valence-corrected chi connectivity index (χ2v) is 5.95. The molecule has 1 aliphatic heterocycles. The molecule has 0 bridgehead atoms. The molecule has 0 radical (unpaired) electrons. The van der Waals surface area contributed by atoms with E-state index in [2.05, 4.69) is 28.9 Å². The zero-order valence-corrected chi connectivity index (χ0v) is 13.1. The maximum Gasteiger partial charge on any atom is 0.271 e. The monoisotopic (exact) mass is 298 g/mol. The molecule has 2 heterocycles. The summed E-state index contributed by atoms with van der Waals surface area (Å²) >= 11 is 0. The van der Waals surface area contributed by atoms with E-state index in [-0.39, 0.29) is 5.91 Å². The van der Waals surface area contributed by atoms with Gasteiger partial charge in [-0.2, -0.15) is 5.10 Å². The zero-order valence-electron chi connectivity index (χ0n) is 13.1. The normalized spacial score (nSPS) is 16.2. The Morgan fingerprint density at radius 1 is 1.14 bits per heavy atom. The first-order valence-corrected chi connectivity index (χ1v) is 7.79. The van der Waals surface area contributed by atoms with E-state index in [9.17, 15) is 4.79 Å². The Morgan fingerprint density at radius 2 is 1.82 bits per heavy atom. The first-order valence-electron chi connectivity index (χ1n) is 7.79. The highest BCUT2D eigenvalue weighted by molar-refractivity contribution is 5.93. The fourth-order valence-corrected chi connectivity index (χ4v) is 2.80. The minimum Gasteiger partial charge on any atom is -0.335 e. The van der Waals surface area contributed by atoms with Crippen LogP contribution in [0.5, 0.6) is 0 Å². The summed E-state index contributed by atoms with van der Waals surface area (Å²) in [5.74, 6) is 0.0399. The molecule has 1 amide bonds. The maximum atomic E-state index is 12.6. The minimum absolute atomic E-state index is 0.0399. The molecule has 5 heteroatoms. The minimum atomic E-state index is 0.0399. The van der Waals surface area contributed by atoms with E-state index in [0.717, 1.165) is 37.4 Å². The van der Waals surface area contributed by atoms with Crippen LogP contribution in [0.3, 0.4) is 0 Å². The number of hydrogen-bond donors (Lipinski definition) is 1. The predicted octanol–water partition coefficient (Wildman–Crippen LogP) is 2.24. The van der Waals surface area contributed by atoms with Crippen molar-refractivity contribution in [2.45, 2.75) is 19.9 Å². The number of benzene rings is 1. The van der Waals surface area contributed by atoms with Crippen LogP contribution in [0.1, 0.15) is 24.3 Å². The van der Waals surface area contributed by atoms with Gasteiger partial charge >= 0.3 is 0 Å². The summed E-state index contributed by atoms with van der Waals surface area (Å²) < 4.78 is 0. The number of hydrogen-bond acceptors (Lipinski definition) is 3. The number of H-pyrrole nitrogens is 1. The van der Waals surface area contributed by atoms with Gasteiger partial charge in [0, 0.05) is 37.8 Å². The average Bonchev–Trinajstić information content (AvgIpc) is 3.05. The Bertz CT molecular complexity index is 627. The number of rotatable bonds is 3. The molecule has 22 heavy (non-hydrogen) atoms. The molecule has 1 fully saturated rings. The molecule has 1 saturated heterocycles. The van der Waals surface area contributed by atoms with Crippen LogP contribution in [0, 0.1) is 0 Å². The highest BCUT2D eigenvalue weighted by atomic mass is 16.2. The van der Waals surface area contributed by atoms with Gasteiger partial charge in [0.05, 0.1) is 5.69 Å². The molecule has 0 spiro atoms. The maximum absolute atomic E-state index is 12.6. The summed E-state index contributed by atoms with van der Waals surface area (Å²) in [7, 11) is 0. The van der Waals surface area contributed by atoms with Crippen molar-refractivity contribution < 1.29 is 4.79 Å². The molecule has 116 valence electrons. The summed E-state index contributed by atoms with van der Waals surface area (Å²) in [6.45, 7) is 7.80. The van der Waals surface area contributed by atoms with Crippen molar-refractivity contribution >= 4 is 5.91 Å². The highest BCUT2D eigenvalue weighted by Crippen LogP contribution is 2.18. The molecule has 2 aromatic rings. The Hall–Kier alpha value is -2.14. The van der Waals surface area contributed by atoms with Gasteiger partial charge in [-0.05, 0) is 19.9 Å². The lowest BCUT2D eigenvalue weighted by atomic mass is 10.1. The van der Waals surface area contributed by atoms with Crippen molar-refractivity contribution in [1.82, 2.24) is 20.0 Å². The molecule has 3 rings (SSSR count). The Morgan fingerprint density at radius 3 is 2.45 bits per heavy atom. The summed E-state index contributed by atoms with van der Waals surface area (Å²) in [6.07, 6.45) is 0. The standard InChI is InChI=1S/C17H22N4O/c1-13(2)20-8-10-21(11-9-20)17(22)16-12-15(18-19-16)14-6-4-3-5-7-14/h3-7,12-13H,8-11H2,1-2H3,(H,18,19). The Balaban J connectivity index is 1.68. The molecule has 5 nitrogen and oxygen atoms in total. The van der Waals surface area contributed by atoms with Crippen molar-refractivity contribution in [2.24, 2.45) is 0 Å². The summed E-state index contributed by atoms with van der Waals surface area (Å²) in [4.78, 5) is 16.9. The number of aromatic nitrogens is 2. The number of piperazine rings is 1. The molecule has 0 unspecified atom stereocenters. The smallest absolute Gasteiger partial charge is 0.271 e. The van der Waals surface area contributed by atoms with Gasteiger partial charge in [0.1, 0.15) is 5.69 Å². The number of carbonyl (C=O) groups excluding carboxylic acids is 1. The van der Waals surface area contributed by atoms with Crippen LogP contribution in [-0.2, 0) is 0 Å². The van der Waals surface area contributed by atoms with E-state index < -0.39 is 0 Å². The lowest BCUT2D eigenvalue weighted by molar-refractivity contribution is 0.0590. The van der Waals surface area contributed by atoms with Gasteiger partial charge in [0.25, 0.3) is 5.91 Å². The Labute approximate surface area is 130 Å². The van der Waals surface area contributed by atoms with Crippen LogP contribution in [0.25, 0.3) is 11.3 Å². The van der Waals surface area contributed by atoms with Crippen LogP contribution in [0.4, 0.5) is 0 Å². The van der Waals surface area contributed by atoms with Gasteiger partial charge in [0.15, 0.2) is 0 Å². The van der Waals surface area contributed by atoms with Crippen molar-refractivity contribution in [3.63, 3.8) is 0 Å². The van der Waals surface area contributed by atoms with E-state index in [1.165, 1.54) is 0 Å². The van der Waals surface area contributed by atoms with Gasteiger partial charge in [-0.15, -0.1) is 0 Å². The topological polar surface area (TPSA) is 52.2 Å². The van der Waals surface area contributed by atoms with Gasteiger partial charge in [-0.1, -0.05) is 30.3 Å². The van der Waals surface area contributed by atoms with Crippen LogP contribution < -0.4 is 0 Å². The number of amides is 1. The van der Waals surface area contributed by atoms with Crippen molar-refractivity contribution in [1.29, 1.82) is 0 Å². The summed E-state index contributed by atoms with van der Waals surface area (Å²) in [5, 5.41) is 7.14. The van der Waals surface area contributed by atoms with E-state index in [0.29, 0.717) is 11.7 Å². The first-order chi connectivity index (χ1) is 10.6. The van der Waals surface area contributed by atoms with Gasteiger partial charge in [0.2, 0.25) is 0 Å². The molecule has 1 N–H and O–H groups in total. The summed E-state index contributed by atoms with van der Waals surface area (Å²) in [6, 6.07) is 12.3. The SMILES string of the molecule is CC(C)N1CCN(C(=O)c2cc(-c3ccccc3)n[nH]2)CC1. The highest BCUT2D eigenvalue weighted by Gasteiger charge is 2.24. The largest absolute Gasteiger partial charge is 0.335 e. The quantitative estimate of drug-likeness (QED) is 0.945. The zero-order chi connectivity index (χ0) is 15.5. The van der Waals surface area contributed by atoms with Crippen molar-refractivity contribution in [3.8, 4) is 11.3 Å². The van der Waals surface area contributed by atoms with Crippen molar-refractivity contribution in [3.05, 3.63) is 42.1 Å². The van der Waals surface area contributed by atoms with Gasteiger partial charge in [-0.3, -0.25) is 14.8 Å². The third-order valence-electron chi connectivity index (χ3n) is 4.21. The average molecular weight is 298 g/mol. The number of nitrogens with zero attached hydrogens (tertiary/aromatic N) is 3. The molecule has 1 aromatic heterocycles. The second-order valence-electron chi connectivity index (χ2n) is 5.95. The van der Waals surface area contributed by atoms with Crippen LogP contribution in [0.15, 0.2) is 36.4 Å². The second kappa shape index (κ2) is 6.32. The molecule has 1 aromatic carbocycles. The third kappa shape index (κ3) is 3.04. The molecule has 0 atom stereocenters.